The van der Waals surface area contributed by atoms with E-state index < -0.39 is 0 Å². The molecule has 2 aromatic heterocycles. The SMILES string of the molecule is Cc1oc(-c2cc3cc(O)ccc3o2)nc1CCOc1ccc(CC2SC(=O)NC2=O)cc1. The van der Waals surface area contributed by atoms with Gasteiger partial charge in [0.1, 0.15) is 22.8 Å². The van der Waals surface area contributed by atoms with Crippen molar-refractivity contribution in [2.75, 3.05) is 6.61 Å². The number of carbonyl (C=O) groups is 2. The molecule has 1 atom stereocenters. The quantitative estimate of drug-likeness (QED) is 0.407. The largest absolute Gasteiger partial charge is 0.508 e. The molecule has 33 heavy (non-hydrogen) atoms. The Morgan fingerprint density at radius 1 is 1.12 bits per heavy atom. The van der Waals surface area contributed by atoms with Gasteiger partial charge in [-0.2, -0.15) is 0 Å². The lowest BCUT2D eigenvalue weighted by Gasteiger charge is -2.08. The second kappa shape index (κ2) is 8.67. The minimum Gasteiger partial charge on any atom is -0.508 e. The number of ether oxygens (including phenoxy) is 1. The molecule has 1 aliphatic rings. The molecule has 5 rings (SSSR count). The molecule has 4 aromatic rings. The van der Waals surface area contributed by atoms with Gasteiger partial charge in [-0.15, -0.1) is 0 Å². The van der Waals surface area contributed by atoms with Crippen molar-refractivity contribution in [3.8, 4) is 23.1 Å². The average Bonchev–Trinajstić information content (AvgIpc) is 3.46. The fourth-order valence-electron chi connectivity index (χ4n) is 3.63. The van der Waals surface area contributed by atoms with Crippen molar-refractivity contribution in [2.24, 2.45) is 0 Å². The first kappa shape index (κ1) is 21.1. The van der Waals surface area contributed by atoms with Gasteiger partial charge in [0.2, 0.25) is 5.91 Å². The van der Waals surface area contributed by atoms with Gasteiger partial charge in [0.25, 0.3) is 11.1 Å². The number of furan rings is 1. The van der Waals surface area contributed by atoms with Crippen molar-refractivity contribution in [1.29, 1.82) is 0 Å². The first-order chi connectivity index (χ1) is 15.9. The van der Waals surface area contributed by atoms with Crippen LogP contribution in [0.5, 0.6) is 11.5 Å². The van der Waals surface area contributed by atoms with Crippen LogP contribution in [0.3, 0.4) is 0 Å². The van der Waals surface area contributed by atoms with Crippen molar-refractivity contribution in [3.63, 3.8) is 0 Å². The van der Waals surface area contributed by atoms with Crippen LogP contribution in [0.1, 0.15) is 17.0 Å². The van der Waals surface area contributed by atoms with Crippen LogP contribution in [0.4, 0.5) is 4.79 Å². The lowest BCUT2D eigenvalue weighted by atomic mass is 10.1. The molecule has 168 valence electrons. The van der Waals surface area contributed by atoms with E-state index in [9.17, 15) is 14.7 Å². The number of imide groups is 1. The maximum Gasteiger partial charge on any atom is 0.286 e. The van der Waals surface area contributed by atoms with Gasteiger partial charge in [-0.05, 0) is 55.3 Å². The summed E-state index contributed by atoms with van der Waals surface area (Å²) in [5, 5.41) is 12.0. The second-order valence-electron chi connectivity index (χ2n) is 7.68. The highest BCUT2D eigenvalue weighted by Gasteiger charge is 2.31. The second-order valence-corrected chi connectivity index (χ2v) is 8.86. The predicted molar refractivity (Wildman–Crippen MR) is 122 cm³/mol. The summed E-state index contributed by atoms with van der Waals surface area (Å²) in [6.45, 7) is 2.26. The molecule has 3 heterocycles. The molecule has 8 nitrogen and oxygen atoms in total. The molecule has 0 radical (unpaired) electrons. The van der Waals surface area contributed by atoms with Crippen molar-refractivity contribution < 1.29 is 28.3 Å². The number of fused-ring (bicyclic) bond motifs is 1. The summed E-state index contributed by atoms with van der Waals surface area (Å²) in [4.78, 5) is 27.5. The van der Waals surface area contributed by atoms with E-state index in [0.29, 0.717) is 48.2 Å². The molecule has 0 bridgehead atoms. The van der Waals surface area contributed by atoms with Crippen molar-refractivity contribution in [2.45, 2.75) is 25.0 Å². The molecule has 2 aromatic carbocycles. The standard InChI is InChI=1S/C24H20N2O6S/c1-13-18(25-23(31-13)20-12-15-11-16(27)4-7-19(15)32-20)8-9-30-17-5-2-14(3-6-17)10-21-22(28)26-24(29)33-21/h2-7,11-12,21,27H,8-10H2,1H3,(H,26,28,29). The molecule has 1 aliphatic heterocycles. The van der Waals surface area contributed by atoms with Crippen molar-refractivity contribution in [3.05, 3.63) is 65.5 Å². The molecule has 1 unspecified atom stereocenters. The van der Waals surface area contributed by atoms with Crippen LogP contribution in [-0.2, 0) is 17.6 Å². The van der Waals surface area contributed by atoms with Gasteiger partial charge in [0.05, 0.1) is 17.6 Å². The van der Waals surface area contributed by atoms with Crippen LogP contribution >= 0.6 is 11.8 Å². The number of aromatic hydroxyl groups is 1. The predicted octanol–water partition coefficient (Wildman–Crippen LogP) is 4.62. The molecular formula is C24H20N2O6S. The summed E-state index contributed by atoms with van der Waals surface area (Å²) in [5.41, 5.74) is 2.38. The summed E-state index contributed by atoms with van der Waals surface area (Å²) in [5.74, 6) is 2.20. The maximum absolute atomic E-state index is 11.7. The molecule has 0 spiro atoms. The lowest BCUT2D eigenvalue weighted by Crippen LogP contribution is -2.25. The number of benzene rings is 2. The van der Waals surface area contributed by atoms with Gasteiger partial charge >= 0.3 is 0 Å². The Morgan fingerprint density at radius 2 is 1.94 bits per heavy atom. The smallest absolute Gasteiger partial charge is 0.286 e. The van der Waals surface area contributed by atoms with Crippen LogP contribution in [0.2, 0.25) is 0 Å². The van der Waals surface area contributed by atoms with Crippen LogP contribution in [0.25, 0.3) is 22.6 Å². The summed E-state index contributed by atoms with van der Waals surface area (Å²) in [6.07, 6.45) is 1.05. The van der Waals surface area contributed by atoms with E-state index in [1.807, 2.05) is 31.2 Å². The number of hydrogen-bond acceptors (Lipinski definition) is 8. The minimum atomic E-state index is -0.383. The first-order valence-electron chi connectivity index (χ1n) is 10.4. The molecule has 0 saturated carbocycles. The zero-order valence-corrected chi connectivity index (χ0v) is 18.5. The van der Waals surface area contributed by atoms with Gasteiger partial charge < -0.3 is 18.7 Å². The Bertz CT molecular complexity index is 1340. The van der Waals surface area contributed by atoms with Crippen molar-refractivity contribution >= 4 is 33.9 Å². The van der Waals surface area contributed by atoms with Gasteiger partial charge in [0, 0.05) is 11.8 Å². The third-order valence-electron chi connectivity index (χ3n) is 5.32. The molecule has 9 heteroatoms. The number of phenols is 1. The monoisotopic (exact) mass is 464 g/mol. The fraction of sp³-hybridized carbons (Fsp3) is 0.208. The van der Waals surface area contributed by atoms with Gasteiger partial charge in [-0.3, -0.25) is 14.9 Å². The first-order valence-corrected chi connectivity index (χ1v) is 11.2. The van der Waals surface area contributed by atoms with Crippen molar-refractivity contribution in [1.82, 2.24) is 10.3 Å². The topological polar surface area (TPSA) is 115 Å². The summed E-state index contributed by atoms with van der Waals surface area (Å²) in [6, 6.07) is 14.2. The molecule has 1 fully saturated rings. The number of aromatic nitrogens is 1. The Balaban J connectivity index is 1.18. The Hall–Kier alpha value is -3.72. The highest BCUT2D eigenvalue weighted by atomic mass is 32.2. The number of nitrogens with one attached hydrogen (secondary N) is 1. The van der Waals surface area contributed by atoms with Gasteiger partial charge in [-0.1, -0.05) is 23.9 Å². The van der Waals surface area contributed by atoms with E-state index >= 15 is 0 Å². The molecule has 2 amide bonds. The molecule has 2 N–H and O–H groups in total. The summed E-state index contributed by atoms with van der Waals surface area (Å²) >= 11 is 1.02. The molecule has 0 aliphatic carbocycles. The summed E-state index contributed by atoms with van der Waals surface area (Å²) < 4.78 is 17.4. The van der Waals surface area contributed by atoms with E-state index in [0.717, 1.165) is 28.4 Å². The number of phenolic OH excluding ortho intramolecular Hbond substituents is 1. The number of rotatable bonds is 7. The zero-order valence-electron chi connectivity index (χ0n) is 17.7. The Kier molecular flexibility index (Phi) is 5.55. The van der Waals surface area contributed by atoms with Gasteiger partial charge in [0.15, 0.2) is 5.76 Å². The third kappa shape index (κ3) is 4.58. The highest BCUT2D eigenvalue weighted by Crippen LogP contribution is 2.30. The number of amides is 2. The van der Waals surface area contributed by atoms with Gasteiger partial charge in [-0.25, -0.2) is 4.98 Å². The highest BCUT2D eigenvalue weighted by molar-refractivity contribution is 8.15. The average molecular weight is 464 g/mol. The number of aryl methyl sites for hydroxylation is 1. The van der Waals surface area contributed by atoms with Crippen LogP contribution in [0.15, 0.2) is 57.4 Å². The number of oxazole rings is 1. The third-order valence-corrected chi connectivity index (χ3v) is 6.30. The fourth-order valence-corrected chi connectivity index (χ4v) is 4.49. The Labute approximate surface area is 192 Å². The maximum atomic E-state index is 11.7. The zero-order chi connectivity index (χ0) is 22.9. The van der Waals surface area contributed by atoms with E-state index in [1.54, 1.807) is 24.3 Å². The summed E-state index contributed by atoms with van der Waals surface area (Å²) in [7, 11) is 0. The van der Waals surface area contributed by atoms with Crippen LogP contribution in [0, 0.1) is 6.92 Å². The normalized spacial score (nSPS) is 15.8. The molecule has 1 saturated heterocycles. The van der Waals surface area contributed by atoms with Crippen LogP contribution < -0.4 is 10.1 Å². The lowest BCUT2D eigenvalue weighted by molar-refractivity contribution is -0.118. The van der Waals surface area contributed by atoms with E-state index in [2.05, 4.69) is 10.3 Å². The Morgan fingerprint density at radius 3 is 2.70 bits per heavy atom. The number of carbonyl (C=O) groups excluding carboxylic acids is 2. The van der Waals surface area contributed by atoms with E-state index in [1.165, 1.54) is 0 Å². The number of nitrogens with zero attached hydrogens (tertiary/aromatic N) is 1. The van der Waals surface area contributed by atoms with E-state index in [-0.39, 0.29) is 22.1 Å². The number of hydrogen-bond donors (Lipinski definition) is 2. The number of thioether (sulfide) groups is 1. The minimum absolute atomic E-state index is 0.169. The molecular weight excluding hydrogens is 444 g/mol. The van der Waals surface area contributed by atoms with Crippen LogP contribution in [-0.4, -0.2) is 33.1 Å². The van der Waals surface area contributed by atoms with E-state index in [4.69, 9.17) is 13.6 Å².